The van der Waals surface area contributed by atoms with Crippen molar-refractivity contribution >= 4 is 22.9 Å². The molecule has 2 atom stereocenters. The molecule has 1 saturated heterocycles. The summed E-state index contributed by atoms with van der Waals surface area (Å²) >= 11 is 0. The fourth-order valence-electron chi connectivity index (χ4n) is 4.82. The maximum atomic E-state index is 14.1. The van der Waals surface area contributed by atoms with Gasteiger partial charge in [-0.15, -0.1) is 0 Å². The van der Waals surface area contributed by atoms with E-state index < -0.39 is 0 Å². The van der Waals surface area contributed by atoms with Crippen LogP contribution in [0, 0.1) is 12.7 Å². The Labute approximate surface area is 181 Å². The highest BCUT2D eigenvalue weighted by molar-refractivity contribution is 5.99. The Bertz CT molecular complexity index is 913. The molecule has 1 aliphatic heterocycles. The fraction of sp³-hybridized carbons (Fsp3) is 0.565. The second kappa shape index (κ2) is 9.26. The Morgan fingerprint density at radius 2 is 2.00 bits per heavy atom. The average molecular weight is 431 g/mol. The zero-order chi connectivity index (χ0) is 22.0. The van der Waals surface area contributed by atoms with Gasteiger partial charge in [0.25, 0.3) is 5.91 Å². The van der Waals surface area contributed by atoms with Crippen molar-refractivity contribution in [1.29, 1.82) is 0 Å². The number of nitrogens with one attached hydrogen (secondary N) is 2. The van der Waals surface area contributed by atoms with Crippen molar-refractivity contribution < 1.29 is 18.7 Å². The second-order valence-corrected chi connectivity index (χ2v) is 8.55. The maximum Gasteiger partial charge on any atom is 0.409 e. The number of hydrogen-bond donors (Lipinski definition) is 2. The molecule has 2 aromatic rings. The molecule has 7 nitrogen and oxygen atoms in total. The minimum absolute atomic E-state index is 0.0895. The van der Waals surface area contributed by atoms with Gasteiger partial charge in [0.1, 0.15) is 11.5 Å². The zero-order valence-corrected chi connectivity index (χ0v) is 18.2. The van der Waals surface area contributed by atoms with E-state index in [9.17, 15) is 14.0 Å². The first-order valence-electron chi connectivity index (χ1n) is 11.2. The zero-order valence-electron chi connectivity index (χ0n) is 18.2. The van der Waals surface area contributed by atoms with Crippen LogP contribution in [0.1, 0.15) is 48.7 Å². The lowest BCUT2D eigenvalue weighted by Crippen LogP contribution is -2.54. The Morgan fingerprint density at radius 3 is 2.71 bits per heavy atom. The molecule has 2 fully saturated rings. The minimum Gasteiger partial charge on any atom is -0.450 e. The lowest BCUT2D eigenvalue weighted by Gasteiger charge is -2.42. The number of amides is 2. The first-order chi connectivity index (χ1) is 15.0. The van der Waals surface area contributed by atoms with E-state index in [1.165, 1.54) is 6.07 Å². The van der Waals surface area contributed by atoms with Gasteiger partial charge in [-0.3, -0.25) is 9.69 Å². The van der Waals surface area contributed by atoms with Gasteiger partial charge < -0.3 is 19.9 Å². The van der Waals surface area contributed by atoms with Crippen LogP contribution >= 0.6 is 0 Å². The number of ether oxygens (including phenoxy) is 1. The van der Waals surface area contributed by atoms with Crippen LogP contribution in [0.15, 0.2) is 18.2 Å². The molecule has 0 unspecified atom stereocenters. The van der Waals surface area contributed by atoms with Crippen molar-refractivity contribution in [3.05, 3.63) is 35.3 Å². The Balaban J connectivity index is 1.34. The highest BCUT2D eigenvalue weighted by atomic mass is 19.1. The largest absolute Gasteiger partial charge is 0.450 e. The van der Waals surface area contributed by atoms with Crippen LogP contribution in [-0.2, 0) is 4.74 Å². The van der Waals surface area contributed by atoms with Gasteiger partial charge in [-0.1, -0.05) is 6.07 Å². The van der Waals surface area contributed by atoms with E-state index in [4.69, 9.17) is 4.74 Å². The molecule has 1 aromatic heterocycles. The molecule has 1 saturated carbocycles. The molecule has 31 heavy (non-hydrogen) atoms. The normalized spacial score (nSPS) is 22.5. The molecule has 4 rings (SSSR count). The van der Waals surface area contributed by atoms with Crippen molar-refractivity contribution in [2.45, 2.75) is 51.6 Å². The van der Waals surface area contributed by atoms with Crippen LogP contribution in [0.4, 0.5) is 9.18 Å². The number of fused-ring (bicyclic) bond motifs is 1. The van der Waals surface area contributed by atoms with Crippen LogP contribution in [0.25, 0.3) is 10.9 Å². The molecular formula is C23H31FN4O3. The monoisotopic (exact) mass is 430 g/mol. The van der Waals surface area contributed by atoms with E-state index in [2.05, 4.69) is 15.2 Å². The first kappa shape index (κ1) is 21.6. The summed E-state index contributed by atoms with van der Waals surface area (Å²) in [7, 11) is 0. The summed E-state index contributed by atoms with van der Waals surface area (Å²) in [6.07, 6.45) is 3.75. The van der Waals surface area contributed by atoms with Gasteiger partial charge in [0.2, 0.25) is 0 Å². The number of carbonyl (C=O) groups excluding carboxylic acids is 2. The Kier molecular flexibility index (Phi) is 6.46. The minimum atomic E-state index is -0.324. The van der Waals surface area contributed by atoms with Crippen molar-refractivity contribution in [3.63, 3.8) is 0 Å². The van der Waals surface area contributed by atoms with Crippen molar-refractivity contribution in [1.82, 2.24) is 20.1 Å². The molecule has 2 N–H and O–H groups in total. The van der Waals surface area contributed by atoms with E-state index >= 15 is 0 Å². The van der Waals surface area contributed by atoms with Crippen molar-refractivity contribution in [2.75, 3.05) is 32.8 Å². The van der Waals surface area contributed by atoms with Gasteiger partial charge in [0.15, 0.2) is 0 Å². The molecule has 2 heterocycles. The third kappa shape index (κ3) is 4.69. The summed E-state index contributed by atoms with van der Waals surface area (Å²) in [5, 5.41) is 3.59. The van der Waals surface area contributed by atoms with Gasteiger partial charge >= 0.3 is 6.09 Å². The second-order valence-electron chi connectivity index (χ2n) is 8.55. The Morgan fingerprint density at radius 1 is 1.23 bits per heavy atom. The first-order valence-corrected chi connectivity index (χ1v) is 11.2. The number of benzene rings is 1. The summed E-state index contributed by atoms with van der Waals surface area (Å²) in [6.45, 7) is 7.10. The van der Waals surface area contributed by atoms with E-state index in [-0.39, 0.29) is 23.9 Å². The number of rotatable bonds is 4. The van der Waals surface area contributed by atoms with Gasteiger partial charge in [-0.2, -0.15) is 0 Å². The molecule has 1 aliphatic carbocycles. The lowest BCUT2D eigenvalue weighted by molar-refractivity contribution is 0.0533. The molecule has 0 spiro atoms. The van der Waals surface area contributed by atoms with E-state index in [1.807, 2.05) is 13.8 Å². The summed E-state index contributed by atoms with van der Waals surface area (Å²) in [5.41, 5.74) is 1.98. The standard InChI is InChI=1S/C23H31FN4O3/c1-3-31-23(30)28-11-9-27(10-12-28)17-6-4-5-16(13-17)25-22(29)20-14-18-19(24)8-7-15(2)21(18)26-20/h7-8,14,16-17,26H,3-6,9-13H2,1-2H3,(H,25,29)/t16-,17-/m1/s1. The van der Waals surface area contributed by atoms with Gasteiger partial charge in [-0.05, 0) is 57.2 Å². The number of aromatic amines is 1. The van der Waals surface area contributed by atoms with Crippen LogP contribution in [0.2, 0.25) is 0 Å². The number of halogens is 1. The summed E-state index contributed by atoms with van der Waals surface area (Å²) in [4.78, 5) is 32.0. The maximum absolute atomic E-state index is 14.1. The third-order valence-corrected chi connectivity index (χ3v) is 6.53. The van der Waals surface area contributed by atoms with Gasteiger partial charge in [-0.25, -0.2) is 9.18 Å². The highest BCUT2D eigenvalue weighted by Gasteiger charge is 2.31. The SMILES string of the molecule is CCOC(=O)N1CCN([C@@H]2CCC[C@@H](NC(=O)c3cc4c(F)ccc(C)c4[nH]3)C2)CC1. The van der Waals surface area contributed by atoms with Crippen LogP contribution in [-0.4, -0.2) is 71.7 Å². The van der Waals surface area contributed by atoms with Crippen LogP contribution in [0.5, 0.6) is 0 Å². The molecule has 1 aromatic carbocycles. The van der Waals surface area contributed by atoms with Crippen LogP contribution < -0.4 is 5.32 Å². The van der Waals surface area contributed by atoms with E-state index in [0.29, 0.717) is 42.3 Å². The highest BCUT2D eigenvalue weighted by Crippen LogP contribution is 2.26. The smallest absolute Gasteiger partial charge is 0.409 e. The molecule has 0 bridgehead atoms. The molecule has 2 aliphatic rings. The van der Waals surface area contributed by atoms with Crippen molar-refractivity contribution in [3.8, 4) is 0 Å². The van der Waals surface area contributed by atoms with E-state index in [0.717, 1.165) is 44.3 Å². The van der Waals surface area contributed by atoms with Gasteiger partial charge in [0, 0.05) is 43.6 Å². The summed E-state index contributed by atoms with van der Waals surface area (Å²) < 4.78 is 19.2. The number of aryl methyl sites for hydroxylation is 1. The molecular weight excluding hydrogens is 399 g/mol. The topological polar surface area (TPSA) is 77.7 Å². The Hall–Kier alpha value is -2.61. The van der Waals surface area contributed by atoms with Crippen molar-refractivity contribution in [2.24, 2.45) is 0 Å². The summed E-state index contributed by atoms with van der Waals surface area (Å²) in [6, 6.07) is 5.23. The number of nitrogens with zero attached hydrogens (tertiary/aromatic N) is 2. The fourth-order valence-corrected chi connectivity index (χ4v) is 4.82. The number of aromatic nitrogens is 1. The molecule has 8 heteroatoms. The summed E-state index contributed by atoms with van der Waals surface area (Å²) in [5.74, 6) is -0.511. The number of carbonyl (C=O) groups is 2. The number of hydrogen-bond acceptors (Lipinski definition) is 4. The molecule has 2 amide bonds. The number of H-pyrrole nitrogens is 1. The van der Waals surface area contributed by atoms with Gasteiger partial charge in [0.05, 0.1) is 12.1 Å². The lowest BCUT2D eigenvalue weighted by atomic mass is 9.89. The predicted molar refractivity (Wildman–Crippen MR) is 117 cm³/mol. The number of piperazine rings is 1. The third-order valence-electron chi connectivity index (χ3n) is 6.53. The molecule has 0 radical (unpaired) electrons. The average Bonchev–Trinajstić information content (AvgIpc) is 3.24. The van der Waals surface area contributed by atoms with Crippen LogP contribution in [0.3, 0.4) is 0 Å². The van der Waals surface area contributed by atoms with E-state index in [1.54, 1.807) is 17.0 Å². The quantitative estimate of drug-likeness (QED) is 0.779. The predicted octanol–water partition coefficient (Wildman–Crippen LogP) is 3.43. The molecule has 168 valence electrons.